The Morgan fingerprint density at radius 2 is 1.96 bits per heavy atom. The molecule has 0 aromatic heterocycles. The lowest BCUT2D eigenvalue weighted by Gasteiger charge is -2.23. The van der Waals surface area contributed by atoms with Crippen molar-refractivity contribution in [2.45, 2.75) is 25.9 Å². The number of nitrogens with one attached hydrogen (secondary N) is 1. The molecule has 0 fully saturated rings. The summed E-state index contributed by atoms with van der Waals surface area (Å²) in [6.07, 6.45) is 0.634. The summed E-state index contributed by atoms with van der Waals surface area (Å²) in [5.41, 5.74) is 2.28. The fourth-order valence-corrected chi connectivity index (χ4v) is 3.34. The Hall–Kier alpha value is -2.67. The molecule has 1 N–H and O–H groups in total. The lowest BCUT2D eigenvalue weighted by Crippen LogP contribution is -2.38. The minimum atomic E-state index is -0.257. The summed E-state index contributed by atoms with van der Waals surface area (Å²) >= 11 is 3.43. The lowest BCUT2D eigenvalue weighted by atomic mass is 10.1. The van der Waals surface area contributed by atoms with Crippen LogP contribution in [0.15, 0.2) is 58.1 Å². The van der Waals surface area contributed by atoms with Crippen LogP contribution in [0.25, 0.3) is 0 Å². The molecule has 0 radical (unpaired) electrons. The highest BCUT2D eigenvalue weighted by atomic mass is 79.9. The first-order chi connectivity index (χ1) is 13.1. The van der Waals surface area contributed by atoms with Crippen molar-refractivity contribution >= 4 is 33.5 Å². The zero-order valence-corrected chi connectivity index (χ0v) is 16.5. The fourth-order valence-electron chi connectivity index (χ4n) is 2.75. The number of hydrogen-bond donors (Lipinski definition) is 1. The van der Waals surface area contributed by atoms with E-state index >= 15 is 0 Å². The zero-order valence-electron chi connectivity index (χ0n) is 14.9. The molecule has 6 nitrogen and oxygen atoms in total. The fraction of sp³-hybridized carbons (Fsp3) is 0.250. The molecule has 1 aliphatic heterocycles. The van der Waals surface area contributed by atoms with E-state index in [0.717, 1.165) is 21.3 Å². The van der Waals surface area contributed by atoms with Gasteiger partial charge in [0.15, 0.2) is 0 Å². The molecule has 1 heterocycles. The molecule has 27 heavy (non-hydrogen) atoms. The first-order valence-corrected chi connectivity index (χ1v) is 9.38. The van der Waals surface area contributed by atoms with Crippen LogP contribution in [0.4, 0.5) is 0 Å². The maximum atomic E-state index is 12.5. The first kappa shape index (κ1) is 19.1. The van der Waals surface area contributed by atoms with Crippen molar-refractivity contribution in [1.82, 2.24) is 10.3 Å². The molecule has 2 aromatic carbocycles. The number of halogens is 1. The Morgan fingerprint density at radius 3 is 2.67 bits per heavy atom. The van der Waals surface area contributed by atoms with Crippen LogP contribution in [0.3, 0.4) is 0 Å². The Balaban J connectivity index is 1.64. The molecular weight excluding hydrogens is 410 g/mol. The molecule has 0 atom stereocenters. The van der Waals surface area contributed by atoms with Gasteiger partial charge in [-0.15, -0.1) is 0 Å². The van der Waals surface area contributed by atoms with Gasteiger partial charge in [-0.25, -0.2) is 5.01 Å². The Kier molecular flexibility index (Phi) is 6.24. The van der Waals surface area contributed by atoms with Gasteiger partial charge in [-0.2, -0.15) is 5.10 Å². The molecule has 7 heteroatoms. The number of hydrogen-bond acceptors (Lipinski definition) is 4. The maximum Gasteiger partial charge on any atom is 0.267 e. The number of carbonyl (C=O) groups is 2. The molecule has 0 spiro atoms. The minimum absolute atomic E-state index is 0.0745. The summed E-state index contributed by atoms with van der Waals surface area (Å²) in [4.78, 5) is 24.6. The van der Waals surface area contributed by atoms with Gasteiger partial charge in [-0.05, 0) is 39.2 Å². The van der Waals surface area contributed by atoms with Crippen molar-refractivity contribution in [3.63, 3.8) is 0 Å². The highest BCUT2D eigenvalue weighted by Crippen LogP contribution is 2.25. The number of benzene rings is 2. The van der Waals surface area contributed by atoms with E-state index in [1.165, 1.54) is 5.01 Å². The van der Waals surface area contributed by atoms with Gasteiger partial charge in [-0.3, -0.25) is 9.59 Å². The van der Waals surface area contributed by atoms with Crippen LogP contribution < -0.4 is 10.1 Å². The third-order valence-corrected chi connectivity index (χ3v) is 4.83. The van der Waals surface area contributed by atoms with Gasteiger partial charge in [0.2, 0.25) is 5.91 Å². The summed E-state index contributed by atoms with van der Waals surface area (Å²) in [5.74, 6) is 0.402. The molecule has 3 rings (SSSR count). The Bertz CT molecular complexity index is 868. The number of methoxy groups -OCH3 is 1. The molecule has 1 aliphatic rings. The van der Waals surface area contributed by atoms with Crippen LogP contribution in [0.5, 0.6) is 5.75 Å². The number of nitrogens with zero attached hydrogens (tertiary/aromatic N) is 2. The summed E-state index contributed by atoms with van der Waals surface area (Å²) in [7, 11) is 1.60. The molecule has 2 amide bonds. The Labute approximate surface area is 166 Å². The quantitative estimate of drug-likeness (QED) is 0.765. The third-order valence-electron chi connectivity index (χ3n) is 4.21. The smallest absolute Gasteiger partial charge is 0.267 e. The summed E-state index contributed by atoms with van der Waals surface area (Å²) in [6, 6.07) is 15.2. The van der Waals surface area contributed by atoms with Gasteiger partial charge >= 0.3 is 0 Å². The van der Waals surface area contributed by atoms with Gasteiger partial charge in [0.05, 0.1) is 18.1 Å². The van der Waals surface area contributed by atoms with Crippen molar-refractivity contribution in [1.29, 1.82) is 0 Å². The molecule has 0 bridgehead atoms. The van der Waals surface area contributed by atoms with Crippen LogP contribution in [-0.4, -0.2) is 29.6 Å². The SMILES string of the molecule is COc1ccc(CNC(=O)C2=NN(Cc3ccccc3)C(=O)CC2)cc1Br. The molecular formula is C20H20BrN3O3. The van der Waals surface area contributed by atoms with Gasteiger partial charge in [0, 0.05) is 19.4 Å². The standard InChI is InChI=1S/C20H20BrN3O3/c1-27-18-9-7-15(11-16(18)21)12-22-20(26)17-8-10-19(25)24(23-17)13-14-5-3-2-4-6-14/h2-7,9,11H,8,10,12-13H2,1H3,(H,22,26). The van der Waals surface area contributed by atoms with E-state index in [4.69, 9.17) is 4.74 Å². The zero-order chi connectivity index (χ0) is 19.2. The molecule has 0 unspecified atom stereocenters. The topological polar surface area (TPSA) is 71.0 Å². The van der Waals surface area contributed by atoms with E-state index in [1.807, 2.05) is 48.5 Å². The molecule has 140 valence electrons. The van der Waals surface area contributed by atoms with E-state index in [1.54, 1.807) is 7.11 Å². The second-order valence-electron chi connectivity index (χ2n) is 6.14. The molecule has 2 aromatic rings. The van der Waals surface area contributed by atoms with Crippen molar-refractivity contribution in [3.05, 3.63) is 64.1 Å². The Morgan fingerprint density at radius 1 is 1.19 bits per heavy atom. The summed E-state index contributed by atoms with van der Waals surface area (Å²) in [6.45, 7) is 0.731. The van der Waals surface area contributed by atoms with Crippen LogP contribution >= 0.6 is 15.9 Å². The average Bonchev–Trinajstić information content (AvgIpc) is 2.68. The van der Waals surface area contributed by atoms with Gasteiger partial charge < -0.3 is 10.1 Å². The average molecular weight is 430 g/mol. The minimum Gasteiger partial charge on any atom is -0.496 e. The van der Waals surface area contributed by atoms with Gasteiger partial charge in [0.1, 0.15) is 11.5 Å². The highest BCUT2D eigenvalue weighted by molar-refractivity contribution is 9.10. The number of amides is 2. The van der Waals surface area contributed by atoms with E-state index in [0.29, 0.717) is 25.2 Å². The molecule has 0 saturated heterocycles. The van der Waals surface area contributed by atoms with Crippen LogP contribution in [-0.2, 0) is 22.7 Å². The second kappa shape index (κ2) is 8.81. The van der Waals surface area contributed by atoms with E-state index in [2.05, 4.69) is 26.3 Å². The summed E-state index contributed by atoms with van der Waals surface area (Å²) < 4.78 is 6.03. The molecule has 0 aliphatic carbocycles. The van der Waals surface area contributed by atoms with Crippen molar-refractivity contribution in [2.24, 2.45) is 5.10 Å². The van der Waals surface area contributed by atoms with E-state index < -0.39 is 0 Å². The van der Waals surface area contributed by atoms with E-state index in [9.17, 15) is 9.59 Å². The number of ether oxygens (including phenoxy) is 1. The number of carbonyl (C=O) groups excluding carboxylic acids is 2. The van der Waals surface area contributed by atoms with Crippen LogP contribution in [0.2, 0.25) is 0 Å². The van der Waals surface area contributed by atoms with E-state index in [-0.39, 0.29) is 18.2 Å². The van der Waals surface area contributed by atoms with Crippen LogP contribution in [0, 0.1) is 0 Å². The van der Waals surface area contributed by atoms with Gasteiger partial charge in [-0.1, -0.05) is 36.4 Å². The largest absolute Gasteiger partial charge is 0.496 e. The number of rotatable bonds is 6. The van der Waals surface area contributed by atoms with Crippen molar-refractivity contribution < 1.29 is 14.3 Å². The maximum absolute atomic E-state index is 12.5. The summed E-state index contributed by atoms with van der Waals surface area (Å²) in [5, 5.41) is 8.51. The van der Waals surface area contributed by atoms with Crippen molar-refractivity contribution in [3.8, 4) is 5.75 Å². The van der Waals surface area contributed by atoms with Crippen molar-refractivity contribution in [2.75, 3.05) is 7.11 Å². The predicted octanol–water partition coefficient (Wildman–Crippen LogP) is 3.25. The molecule has 0 saturated carbocycles. The monoisotopic (exact) mass is 429 g/mol. The first-order valence-electron chi connectivity index (χ1n) is 8.59. The lowest BCUT2D eigenvalue weighted by molar-refractivity contribution is -0.132. The van der Waals surface area contributed by atoms with Crippen LogP contribution in [0.1, 0.15) is 24.0 Å². The second-order valence-corrected chi connectivity index (χ2v) is 6.99. The normalized spacial score (nSPS) is 13.9. The highest BCUT2D eigenvalue weighted by Gasteiger charge is 2.24. The predicted molar refractivity (Wildman–Crippen MR) is 106 cm³/mol. The number of hydrazone groups is 1. The van der Waals surface area contributed by atoms with Gasteiger partial charge in [0.25, 0.3) is 5.91 Å². The third kappa shape index (κ3) is 4.95.